The molecule has 1 aromatic carbocycles. The van der Waals surface area contributed by atoms with Crippen molar-refractivity contribution < 1.29 is 9.53 Å². The van der Waals surface area contributed by atoms with Gasteiger partial charge in [-0.15, -0.1) is 0 Å². The number of rotatable bonds is 4. The fourth-order valence-electron chi connectivity index (χ4n) is 2.27. The molecule has 0 aliphatic heterocycles. The van der Waals surface area contributed by atoms with E-state index in [2.05, 4.69) is 0 Å². The van der Waals surface area contributed by atoms with Crippen molar-refractivity contribution in [1.82, 2.24) is 0 Å². The summed E-state index contributed by atoms with van der Waals surface area (Å²) in [4.78, 5) is 10.6. The number of ether oxygens (including phenoxy) is 1. The molecule has 0 saturated heterocycles. The molecule has 0 N–H and O–H groups in total. The molecule has 0 radical (unpaired) electrons. The molecule has 2 nitrogen and oxygen atoms in total. The maximum atomic E-state index is 10.6. The number of carbonyl (C=O) groups is 1. The monoisotopic (exact) mass is 252 g/mol. The van der Waals surface area contributed by atoms with E-state index < -0.39 is 0 Å². The first-order valence-corrected chi connectivity index (χ1v) is 6.55. The van der Waals surface area contributed by atoms with Gasteiger partial charge in [-0.25, -0.2) is 0 Å². The van der Waals surface area contributed by atoms with Crippen molar-refractivity contribution in [3.63, 3.8) is 0 Å². The second-order valence-electron chi connectivity index (χ2n) is 4.62. The van der Waals surface area contributed by atoms with Crippen molar-refractivity contribution in [1.29, 1.82) is 0 Å². The molecule has 1 aromatic rings. The third kappa shape index (κ3) is 3.47. The highest BCUT2D eigenvalue weighted by Crippen LogP contribution is 2.28. The largest absolute Gasteiger partial charge is 0.492 e. The third-order valence-electron chi connectivity index (χ3n) is 3.29. The molecule has 0 spiro atoms. The zero-order chi connectivity index (χ0) is 12.1. The average Bonchev–Trinajstić information content (AvgIpc) is 2.38. The Morgan fingerprint density at radius 2 is 2.06 bits per heavy atom. The van der Waals surface area contributed by atoms with Crippen molar-refractivity contribution in [3.8, 4) is 5.75 Å². The predicted molar refractivity (Wildman–Crippen MR) is 68.9 cm³/mol. The van der Waals surface area contributed by atoms with Gasteiger partial charge in [0.1, 0.15) is 12.0 Å². The number of carbonyl (C=O) groups excluding carboxylic acids is 1. The Balaban J connectivity index is 1.91. The Labute approximate surface area is 107 Å². The number of hydrogen-bond donors (Lipinski definition) is 0. The van der Waals surface area contributed by atoms with Crippen LogP contribution < -0.4 is 4.74 Å². The van der Waals surface area contributed by atoms with Crippen molar-refractivity contribution in [2.75, 3.05) is 6.61 Å². The number of benzene rings is 1. The second-order valence-corrected chi connectivity index (χ2v) is 5.03. The fraction of sp³-hybridized carbons (Fsp3) is 0.500. The van der Waals surface area contributed by atoms with E-state index in [4.69, 9.17) is 16.3 Å². The first kappa shape index (κ1) is 12.4. The Morgan fingerprint density at radius 1 is 1.29 bits per heavy atom. The minimum atomic E-state index is 0.519. The van der Waals surface area contributed by atoms with Crippen LogP contribution in [0.5, 0.6) is 5.75 Å². The van der Waals surface area contributed by atoms with Gasteiger partial charge in [0.05, 0.1) is 11.6 Å². The van der Waals surface area contributed by atoms with Gasteiger partial charge in [0.15, 0.2) is 0 Å². The van der Waals surface area contributed by atoms with Crippen LogP contribution in [0, 0.1) is 5.92 Å². The quantitative estimate of drug-likeness (QED) is 0.754. The summed E-state index contributed by atoms with van der Waals surface area (Å²) in [5, 5.41) is 0.519. The van der Waals surface area contributed by atoms with Crippen LogP contribution in [-0.4, -0.2) is 12.9 Å². The van der Waals surface area contributed by atoms with Crippen molar-refractivity contribution in [2.24, 2.45) is 5.92 Å². The standard InChI is InChI=1S/C14H17ClO2/c15-13-8-12(9-16)6-7-14(13)17-10-11-4-2-1-3-5-11/h6-9,11H,1-5,10H2. The summed E-state index contributed by atoms with van der Waals surface area (Å²) in [5.74, 6) is 1.34. The summed E-state index contributed by atoms with van der Waals surface area (Å²) < 4.78 is 5.73. The Morgan fingerprint density at radius 3 is 2.71 bits per heavy atom. The molecule has 1 fully saturated rings. The van der Waals surface area contributed by atoms with E-state index in [0.29, 0.717) is 22.3 Å². The van der Waals surface area contributed by atoms with Crippen molar-refractivity contribution in [2.45, 2.75) is 32.1 Å². The topological polar surface area (TPSA) is 26.3 Å². The Kier molecular flexibility index (Phi) is 4.43. The number of halogens is 1. The summed E-state index contributed by atoms with van der Waals surface area (Å²) >= 11 is 6.04. The SMILES string of the molecule is O=Cc1ccc(OCC2CCCCC2)c(Cl)c1. The van der Waals surface area contributed by atoms with Crippen LogP contribution in [0.25, 0.3) is 0 Å². The highest BCUT2D eigenvalue weighted by molar-refractivity contribution is 6.32. The van der Waals surface area contributed by atoms with E-state index in [1.54, 1.807) is 18.2 Å². The maximum absolute atomic E-state index is 10.6. The first-order chi connectivity index (χ1) is 8.29. The first-order valence-electron chi connectivity index (χ1n) is 6.17. The molecule has 0 unspecified atom stereocenters. The minimum absolute atomic E-state index is 0.519. The van der Waals surface area contributed by atoms with E-state index in [-0.39, 0.29) is 0 Å². The summed E-state index contributed by atoms with van der Waals surface area (Å²) in [6.45, 7) is 0.736. The molecule has 2 rings (SSSR count). The van der Waals surface area contributed by atoms with E-state index in [1.165, 1.54) is 32.1 Å². The van der Waals surface area contributed by atoms with Crippen molar-refractivity contribution in [3.05, 3.63) is 28.8 Å². The lowest BCUT2D eigenvalue weighted by Gasteiger charge is -2.21. The van der Waals surface area contributed by atoms with Crippen LogP contribution in [0.4, 0.5) is 0 Å². The number of hydrogen-bond acceptors (Lipinski definition) is 2. The molecule has 0 heterocycles. The smallest absolute Gasteiger partial charge is 0.150 e. The van der Waals surface area contributed by atoms with Crippen LogP contribution in [0.2, 0.25) is 5.02 Å². The fourth-order valence-corrected chi connectivity index (χ4v) is 2.51. The lowest BCUT2D eigenvalue weighted by atomic mass is 9.90. The van der Waals surface area contributed by atoms with E-state index >= 15 is 0 Å². The van der Waals surface area contributed by atoms with Gasteiger partial charge in [-0.05, 0) is 37.0 Å². The summed E-state index contributed by atoms with van der Waals surface area (Å²) in [5.41, 5.74) is 0.583. The summed E-state index contributed by atoms with van der Waals surface area (Å²) in [6.07, 6.45) is 7.27. The predicted octanol–water partition coefficient (Wildman–Crippen LogP) is 4.11. The van der Waals surface area contributed by atoms with Gasteiger partial charge < -0.3 is 4.74 Å². The van der Waals surface area contributed by atoms with Gasteiger partial charge >= 0.3 is 0 Å². The molecule has 1 saturated carbocycles. The van der Waals surface area contributed by atoms with Crippen LogP contribution in [0.15, 0.2) is 18.2 Å². The molecule has 0 aromatic heterocycles. The normalized spacial score (nSPS) is 16.8. The molecule has 0 atom stereocenters. The lowest BCUT2D eigenvalue weighted by Crippen LogP contribution is -2.15. The summed E-state index contributed by atoms with van der Waals surface area (Å²) in [6, 6.07) is 5.15. The molecule has 1 aliphatic rings. The maximum Gasteiger partial charge on any atom is 0.150 e. The Hall–Kier alpha value is -1.02. The highest BCUT2D eigenvalue weighted by atomic mass is 35.5. The molecular formula is C14H17ClO2. The molecule has 3 heteroatoms. The lowest BCUT2D eigenvalue weighted by molar-refractivity contribution is 0.112. The second kappa shape index (κ2) is 6.06. The van der Waals surface area contributed by atoms with Gasteiger partial charge in [-0.2, -0.15) is 0 Å². The van der Waals surface area contributed by atoms with Gasteiger partial charge in [-0.1, -0.05) is 30.9 Å². The molecule has 17 heavy (non-hydrogen) atoms. The van der Waals surface area contributed by atoms with E-state index in [9.17, 15) is 4.79 Å². The highest BCUT2D eigenvalue weighted by Gasteiger charge is 2.14. The number of aldehydes is 1. The van der Waals surface area contributed by atoms with Crippen LogP contribution in [0.3, 0.4) is 0 Å². The minimum Gasteiger partial charge on any atom is -0.492 e. The van der Waals surface area contributed by atoms with Crippen LogP contribution in [-0.2, 0) is 0 Å². The van der Waals surface area contributed by atoms with Gasteiger partial charge in [0.25, 0.3) is 0 Å². The third-order valence-corrected chi connectivity index (χ3v) is 3.59. The molecule has 1 aliphatic carbocycles. The molecule has 0 bridgehead atoms. The van der Waals surface area contributed by atoms with E-state index in [1.807, 2.05) is 0 Å². The zero-order valence-corrected chi connectivity index (χ0v) is 10.6. The molecule has 92 valence electrons. The van der Waals surface area contributed by atoms with Gasteiger partial charge in [0.2, 0.25) is 0 Å². The summed E-state index contributed by atoms with van der Waals surface area (Å²) in [7, 11) is 0. The molecule has 0 amide bonds. The van der Waals surface area contributed by atoms with Crippen LogP contribution >= 0.6 is 11.6 Å². The van der Waals surface area contributed by atoms with E-state index in [0.717, 1.165) is 12.9 Å². The van der Waals surface area contributed by atoms with Gasteiger partial charge in [0, 0.05) is 5.56 Å². The van der Waals surface area contributed by atoms with Gasteiger partial charge in [-0.3, -0.25) is 4.79 Å². The molecular weight excluding hydrogens is 236 g/mol. The Bertz CT molecular complexity index is 384. The van der Waals surface area contributed by atoms with Crippen LogP contribution in [0.1, 0.15) is 42.5 Å². The average molecular weight is 253 g/mol. The zero-order valence-electron chi connectivity index (χ0n) is 9.82. The van der Waals surface area contributed by atoms with Crippen molar-refractivity contribution >= 4 is 17.9 Å².